The van der Waals surface area contributed by atoms with E-state index in [4.69, 9.17) is 13.9 Å². The van der Waals surface area contributed by atoms with Crippen molar-refractivity contribution in [3.8, 4) is 5.75 Å². The Hall–Kier alpha value is -2.82. The molecule has 0 saturated heterocycles. The third kappa shape index (κ3) is 3.25. The van der Waals surface area contributed by atoms with Crippen LogP contribution in [0.2, 0.25) is 0 Å². The zero-order chi connectivity index (χ0) is 15.4. The van der Waals surface area contributed by atoms with Gasteiger partial charge >= 0.3 is 5.97 Å². The molecule has 3 rings (SSSR count). The number of cyclic esters (lactones) is 1. The number of nitrogens with zero attached hydrogens (tertiary/aromatic N) is 1. The lowest BCUT2D eigenvalue weighted by molar-refractivity contribution is -0.130. The van der Waals surface area contributed by atoms with Crippen LogP contribution < -0.4 is 4.74 Å². The van der Waals surface area contributed by atoms with Crippen LogP contribution in [0, 0.1) is 0 Å². The first-order valence-corrected chi connectivity index (χ1v) is 6.92. The van der Waals surface area contributed by atoms with Gasteiger partial charge in [0.1, 0.15) is 11.5 Å². The number of ether oxygens (including phenoxy) is 2. The van der Waals surface area contributed by atoms with Crippen LogP contribution >= 0.6 is 0 Å². The summed E-state index contributed by atoms with van der Waals surface area (Å²) in [7, 11) is 1.61. The molecule has 22 heavy (non-hydrogen) atoms. The molecule has 0 aliphatic carbocycles. The number of benzene rings is 1. The number of hydrogen-bond donors (Lipinski definition) is 0. The molecule has 0 unspecified atom stereocenters. The van der Waals surface area contributed by atoms with Crippen LogP contribution in [-0.2, 0) is 16.0 Å². The van der Waals surface area contributed by atoms with E-state index < -0.39 is 5.97 Å². The van der Waals surface area contributed by atoms with Gasteiger partial charge in [0.05, 0.1) is 13.4 Å². The van der Waals surface area contributed by atoms with Crippen molar-refractivity contribution in [3.05, 3.63) is 59.7 Å². The highest BCUT2D eigenvalue weighted by Gasteiger charge is 2.22. The molecule has 0 fully saturated rings. The lowest BCUT2D eigenvalue weighted by atomic mass is 10.2. The normalized spacial score (nSPS) is 15.8. The Morgan fingerprint density at radius 3 is 2.68 bits per heavy atom. The molecular weight excluding hydrogens is 282 g/mol. The molecule has 5 nitrogen and oxygen atoms in total. The molecule has 1 aliphatic heterocycles. The number of aryl methyl sites for hydroxylation is 1. The zero-order valence-corrected chi connectivity index (χ0v) is 12.1. The van der Waals surface area contributed by atoms with Gasteiger partial charge in [-0.3, -0.25) is 0 Å². The van der Waals surface area contributed by atoms with E-state index in [0.29, 0.717) is 24.4 Å². The molecular formula is C17H15NO4. The van der Waals surface area contributed by atoms with Gasteiger partial charge in [-0.2, -0.15) is 0 Å². The van der Waals surface area contributed by atoms with Gasteiger partial charge in [0.25, 0.3) is 0 Å². The van der Waals surface area contributed by atoms with Gasteiger partial charge in [-0.15, -0.1) is 0 Å². The van der Waals surface area contributed by atoms with Crippen molar-refractivity contribution in [2.45, 2.75) is 12.8 Å². The van der Waals surface area contributed by atoms with E-state index in [0.717, 1.165) is 17.1 Å². The van der Waals surface area contributed by atoms with Crippen LogP contribution in [0.25, 0.3) is 6.08 Å². The Bertz CT molecular complexity index is 712. The van der Waals surface area contributed by atoms with Gasteiger partial charge in [-0.05, 0) is 35.9 Å². The number of methoxy groups -OCH3 is 1. The summed E-state index contributed by atoms with van der Waals surface area (Å²) in [6.07, 6.45) is 4.49. The highest BCUT2D eigenvalue weighted by Crippen LogP contribution is 2.19. The van der Waals surface area contributed by atoms with Crippen LogP contribution in [0.1, 0.15) is 17.7 Å². The first kappa shape index (κ1) is 14.1. The van der Waals surface area contributed by atoms with Crippen LogP contribution in [0.4, 0.5) is 0 Å². The molecule has 112 valence electrons. The summed E-state index contributed by atoms with van der Waals surface area (Å²) in [5, 5.41) is 0. The van der Waals surface area contributed by atoms with Crippen molar-refractivity contribution in [1.29, 1.82) is 0 Å². The Morgan fingerprint density at radius 1 is 1.18 bits per heavy atom. The second-order valence-corrected chi connectivity index (χ2v) is 4.78. The number of hydrogen-bond acceptors (Lipinski definition) is 5. The summed E-state index contributed by atoms with van der Waals surface area (Å²) in [5.41, 5.74) is 1.17. The van der Waals surface area contributed by atoms with Crippen molar-refractivity contribution < 1.29 is 18.7 Å². The summed E-state index contributed by atoms with van der Waals surface area (Å²) in [6, 6.07) is 11.1. The largest absolute Gasteiger partial charge is 0.497 e. The molecule has 0 spiro atoms. The lowest BCUT2D eigenvalue weighted by Crippen LogP contribution is -2.04. The smallest absolute Gasteiger partial charge is 0.363 e. The second kappa shape index (κ2) is 6.30. The minimum absolute atomic E-state index is 0.305. The number of rotatable bonds is 5. The van der Waals surface area contributed by atoms with Crippen molar-refractivity contribution in [3.63, 3.8) is 0 Å². The molecule has 0 amide bonds. The van der Waals surface area contributed by atoms with Gasteiger partial charge in [-0.1, -0.05) is 12.1 Å². The van der Waals surface area contributed by atoms with Crippen molar-refractivity contribution in [2.75, 3.05) is 7.11 Å². The van der Waals surface area contributed by atoms with Crippen molar-refractivity contribution >= 4 is 17.9 Å². The maximum atomic E-state index is 11.8. The topological polar surface area (TPSA) is 61.0 Å². The quantitative estimate of drug-likeness (QED) is 0.628. The summed E-state index contributed by atoms with van der Waals surface area (Å²) in [5.74, 6) is 1.59. The van der Waals surface area contributed by atoms with Crippen LogP contribution in [-0.4, -0.2) is 19.0 Å². The number of aliphatic imine (C=N–C) groups is 1. The first-order valence-electron chi connectivity index (χ1n) is 6.92. The molecule has 0 radical (unpaired) electrons. The van der Waals surface area contributed by atoms with Gasteiger partial charge < -0.3 is 13.9 Å². The average Bonchev–Trinajstić information content (AvgIpc) is 3.16. The highest BCUT2D eigenvalue weighted by molar-refractivity contribution is 6.07. The Morgan fingerprint density at radius 2 is 2.00 bits per heavy atom. The molecule has 5 heteroatoms. The third-order valence-corrected chi connectivity index (χ3v) is 3.25. The molecule has 0 saturated carbocycles. The molecule has 0 atom stereocenters. The Kier molecular flexibility index (Phi) is 4.05. The summed E-state index contributed by atoms with van der Waals surface area (Å²) < 4.78 is 15.5. The Balaban J connectivity index is 1.69. The number of furan rings is 1. The predicted octanol–water partition coefficient (Wildman–Crippen LogP) is 3.22. The summed E-state index contributed by atoms with van der Waals surface area (Å²) in [4.78, 5) is 16.1. The third-order valence-electron chi connectivity index (χ3n) is 3.25. The maximum Gasteiger partial charge on any atom is 0.363 e. The van der Waals surface area contributed by atoms with E-state index in [9.17, 15) is 4.79 Å². The predicted molar refractivity (Wildman–Crippen MR) is 81.5 cm³/mol. The summed E-state index contributed by atoms with van der Waals surface area (Å²) >= 11 is 0. The van der Waals surface area contributed by atoms with Crippen LogP contribution in [0.15, 0.2) is 57.8 Å². The molecule has 2 aromatic rings. The minimum Gasteiger partial charge on any atom is -0.497 e. The van der Waals surface area contributed by atoms with Gasteiger partial charge in [0.15, 0.2) is 11.6 Å². The fraction of sp³-hybridized carbons (Fsp3) is 0.176. The van der Waals surface area contributed by atoms with Crippen molar-refractivity contribution in [1.82, 2.24) is 0 Å². The zero-order valence-electron chi connectivity index (χ0n) is 12.1. The van der Waals surface area contributed by atoms with E-state index in [-0.39, 0.29) is 0 Å². The fourth-order valence-corrected chi connectivity index (χ4v) is 2.10. The molecule has 2 heterocycles. The molecule has 1 aliphatic rings. The summed E-state index contributed by atoms with van der Waals surface area (Å²) in [6.45, 7) is 0. The molecule has 0 N–H and O–H groups in total. The minimum atomic E-state index is -0.426. The van der Waals surface area contributed by atoms with Crippen LogP contribution in [0.5, 0.6) is 5.75 Å². The van der Waals surface area contributed by atoms with Gasteiger partial charge in [-0.25, -0.2) is 9.79 Å². The standard InChI is InChI=1S/C17H15NO4/c1-20-13-6-4-12(5-7-13)11-15-17(19)22-16(18-15)9-8-14-3-2-10-21-14/h2-7,10-11H,8-9H2,1H3/b15-11+. The maximum absolute atomic E-state index is 11.8. The molecule has 1 aromatic heterocycles. The van der Waals surface area contributed by atoms with E-state index in [1.807, 2.05) is 36.4 Å². The number of carbonyl (C=O) groups excluding carboxylic acids is 1. The monoisotopic (exact) mass is 297 g/mol. The van der Waals surface area contributed by atoms with Crippen LogP contribution in [0.3, 0.4) is 0 Å². The van der Waals surface area contributed by atoms with E-state index in [1.165, 1.54) is 0 Å². The number of carbonyl (C=O) groups is 1. The first-order chi connectivity index (χ1) is 10.7. The highest BCUT2D eigenvalue weighted by atomic mass is 16.6. The van der Waals surface area contributed by atoms with E-state index in [1.54, 1.807) is 19.4 Å². The van der Waals surface area contributed by atoms with Gasteiger partial charge in [0.2, 0.25) is 0 Å². The van der Waals surface area contributed by atoms with E-state index in [2.05, 4.69) is 4.99 Å². The van der Waals surface area contributed by atoms with E-state index >= 15 is 0 Å². The van der Waals surface area contributed by atoms with Gasteiger partial charge in [0, 0.05) is 12.8 Å². The average molecular weight is 297 g/mol. The fourth-order valence-electron chi connectivity index (χ4n) is 2.10. The lowest BCUT2D eigenvalue weighted by Gasteiger charge is -1.99. The molecule has 0 bridgehead atoms. The Labute approximate surface area is 127 Å². The van der Waals surface area contributed by atoms with Crippen molar-refractivity contribution in [2.24, 2.45) is 4.99 Å². The SMILES string of the molecule is COc1ccc(/C=C2/N=C(CCc3ccco3)OC2=O)cc1. The molecule has 1 aromatic carbocycles. The second-order valence-electron chi connectivity index (χ2n) is 4.78. The number of esters is 1.